The number of anilines is 2. The minimum Gasteiger partial charge on any atom is -0.399 e. The second-order valence-corrected chi connectivity index (χ2v) is 5.35. The SMILES string of the molecule is Cc1cc(N)ccc1NC(=O)c1ccc(Cl)s1. The monoisotopic (exact) mass is 266 g/mol. The van der Waals surface area contributed by atoms with Crippen LogP contribution in [0.5, 0.6) is 0 Å². The summed E-state index contributed by atoms with van der Waals surface area (Å²) >= 11 is 7.03. The van der Waals surface area contributed by atoms with E-state index in [1.165, 1.54) is 11.3 Å². The summed E-state index contributed by atoms with van der Waals surface area (Å²) in [7, 11) is 0. The van der Waals surface area contributed by atoms with Crippen molar-refractivity contribution in [1.82, 2.24) is 0 Å². The zero-order valence-corrected chi connectivity index (χ0v) is 10.7. The number of rotatable bonds is 2. The molecule has 1 aromatic carbocycles. The Balaban J connectivity index is 2.18. The molecule has 1 amide bonds. The molecule has 0 aliphatic rings. The summed E-state index contributed by atoms with van der Waals surface area (Å²) in [6.07, 6.45) is 0. The van der Waals surface area contributed by atoms with E-state index in [1.807, 2.05) is 13.0 Å². The van der Waals surface area contributed by atoms with Crippen LogP contribution in [0.15, 0.2) is 30.3 Å². The minimum atomic E-state index is -0.158. The van der Waals surface area contributed by atoms with E-state index in [-0.39, 0.29) is 5.91 Å². The maximum atomic E-state index is 11.9. The number of halogens is 1. The number of amides is 1. The molecule has 0 spiro atoms. The molecule has 0 saturated heterocycles. The highest BCUT2D eigenvalue weighted by molar-refractivity contribution is 7.18. The molecule has 0 saturated carbocycles. The largest absolute Gasteiger partial charge is 0.399 e. The molecule has 0 aliphatic carbocycles. The number of carbonyl (C=O) groups is 1. The molecule has 0 radical (unpaired) electrons. The van der Waals surface area contributed by atoms with Gasteiger partial charge in [-0.25, -0.2) is 0 Å². The lowest BCUT2D eigenvalue weighted by Crippen LogP contribution is -2.11. The average molecular weight is 267 g/mol. The normalized spacial score (nSPS) is 10.2. The highest BCUT2D eigenvalue weighted by Gasteiger charge is 2.10. The Morgan fingerprint density at radius 3 is 2.71 bits per heavy atom. The van der Waals surface area contributed by atoms with Crippen LogP contribution in [-0.4, -0.2) is 5.91 Å². The molecule has 3 N–H and O–H groups in total. The zero-order valence-electron chi connectivity index (χ0n) is 9.16. The van der Waals surface area contributed by atoms with Crippen molar-refractivity contribution >= 4 is 40.2 Å². The third kappa shape index (κ3) is 2.78. The lowest BCUT2D eigenvalue weighted by Gasteiger charge is -2.07. The van der Waals surface area contributed by atoms with Crippen LogP contribution in [0.3, 0.4) is 0 Å². The van der Waals surface area contributed by atoms with Crippen molar-refractivity contribution in [2.45, 2.75) is 6.92 Å². The molecular formula is C12H11ClN2OS. The van der Waals surface area contributed by atoms with E-state index in [0.717, 1.165) is 11.3 Å². The van der Waals surface area contributed by atoms with Crippen molar-refractivity contribution in [3.05, 3.63) is 45.1 Å². The molecule has 3 nitrogen and oxygen atoms in total. The Kier molecular flexibility index (Phi) is 3.36. The maximum absolute atomic E-state index is 11.9. The van der Waals surface area contributed by atoms with Gasteiger partial charge in [-0.05, 0) is 42.8 Å². The molecule has 1 heterocycles. The molecular weight excluding hydrogens is 256 g/mol. The fraction of sp³-hybridized carbons (Fsp3) is 0.0833. The van der Waals surface area contributed by atoms with E-state index < -0.39 is 0 Å². The van der Waals surface area contributed by atoms with E-state index in [0.29, 0.717) is 14.9 Å². The molecule has 0 bridgehead atoms. The molecule has 88 valence electrons. The number of benzene rings is 1. The molecule has 5 heteroatoms. The predicted molar refractivity (Wildman–Crippen MR) is 72.9 cm³/mol. The van der Waals surface area contributed by atoms with Crippen LogP contribution >= 0.6 is 22.9 Å². The summed E-state index contributed by atoms with van der Waals surface area (Å²) < 4.78 is 0.601. The van der Waals surface area contributed by atoms with Gasteiger partial charge >= 0.3 is 0 Å². The van der Waals surface area contributed by atoms with Crippen LogP contribution in [0.2, 0.25) is 4.34 Å². The highest BCUT2D eigenvalue weighted by Crippen LogP contribution is 2.23. The first-order valence-corrected chi connectivity index (χ1v) is 6.18. The number of aryl methyl sites for hydroxylation is 1. The van der Waals surface area contributed by atoms with Gasteiger partial charge in [-0.2, -0.15) is 0 Å². The standard InChI is InChI=1S/C12H11ClN2OS/c1-7-6-8(14)2-3-9(7)15-12(16)10-4-5-11(13)17-10/h2-6H,14H2,1H3,(H,15,16). The molecule has 0 atom stereocenters. The molecule has 17 heavy (non-hydrogen) atoms. The number of nitrogens with two attached hydrogens (primary N) is 1. The van der Waals surface area contributed by atoms with E-state index in [1.54, 1.807) is 24.3 Å². The summed E-state index contributed by atoms with van der Waals surface area (Å²) in [4.78, 5) is 12.5. The smallest absolute Gasteiger partial charge is 0.265 e. The summed E-state index contributed by atoms with van der Waals surface area (Å²) in [6.45, 7) is 1.90. The van der Waals surface area contributed by atoms with Crippen LogP contribution < -0.4 is 11.1 Å². The van der Waals surface area contributed by atoms with Crippen LogP contribution in [0, 0.1) is 6.92 Å². The van der Waals surface area contributed by atoms with Crippen LogP contribution in [0.25, 0.3) is 0 Å². The first kappa shape index (κ1) is 12.0. The van der Waals surface area contributed by atoms with Crippen molar-refractivity contribution < 1.29 is 4.79 Å². The molecule has 0 unspecified atom stereocenters. The van der Waals surface area contributed by atoms with Gasteiger partial charge in [-0.15, -0.1) is 11.3 Å². The van der Waals surface area contributed by atoms with Gasteiger partial charge < -0.3 is 11.1 Å². The Morgan fingerprint density at radius 1 is 1.35 bits per heavy atom. The second kappa shape index (κ2) is 4.77. The van der Waals surface area contributed by atoms with Gasteiger partial charge in [0.2, 0.25) is 0 Å². The number of thiophene rings is 1. The topological polar surface area (TPSA) is 55.1 Å². The van der Waals surface area contributed by atoms with Gasteiger partial charge in [0.05, 0.1) is 9.21 Å². The maximum Gasteiger partial charge on any atom is 0.265 e. The Morgan fingerprint density at radius 2 is 2.12 bits per heavy atom. The highest BCUT2D eigenvalue weighted by atomic mass is 35.5. The molecule has 2 rings (SSSR count). The minimum absolute atomic E-state index is 0.158. The van der Waals surface area contributed by atoms with E-state index in [4.69, 9.17) is 17.3 Å². The quantitative estimate of drug-likeness (QED) is 0.817. The third-order valence-corrected chi connectivity index (χ3v) is 3.53. The summed E-state index contributed by atoms with van der Waals surface area (Å²) in [5.41, 5.74) is 8.01. The van der Waals surface area contributed by atoms with E-state index in [2.05, 4.69) is 5.32 Å². The Bertz CT molecular complexity index is 565. The van der Waals surface area contributed by atoms with Crippen LogP contribution in [0.1, 0.15) is 15.2 Å². The number of nitrogen functional groups attached to an aromatic ring is 1. The average Bonchev–Trinajstić information content (AvgIpc) is 2.69. The van der Waals surface area contributed by atoms with Crippen molar-refractivity contribution in [3.8, 4) is 0 Å². The van der Waals surface area contributed by atoms with Gasteiger partial charge in [0.1, 0.15) is 0 Å². The first-order valence-electron chi connectivity index (χ1n) is 4.99. The Hall–Kier alpha value is -1.52. The van der Waals surface area contributed by atoms with Crippen molar-refractivity contribution in [2.75, 3.05) is 11.1 Å². The second-order valence-electron chi connectivity index (χ2n) is 3.63. The summed E-state index contributed by atoms with van der Waals surface area (Å²) in [5, 5.41) is 2.82. The molecule has 2 aromatic rings. The van der Waals surface area contributed by atoms with Crippen LogP contribution in [-0.2, 0) is 0 Å². The molecule has 1 aromatic heterocycles. The number of hydrogen-bond donors (Lipinski definition) is 2. The number of carbonyl (C=O) groups excluding carboxylic acids is 1. The first-order chi connectivity index (χ1) is 8.06. The van der Waals surface area contributed by atoms with E-state index >= 15 is 0 Å². The van der Waals surface area contributed by atoms with Gasteiger partial charge in [0, 0.05) is 11.4 Å². The zero-order chi connectivity index (χ0) is 12.4. The number of nitrogens with one attached hydrogen (secondary N) is 1. The summed E-state index contributed by atoms with van der Waals surface area (Å²) in [5.74, 6) is -0.158. The van der Waals surface area contributed by atoms with Crippen LogP contribution in [0.4, 0.5) is 11.4 Å². The van der Waals surface area contributed by atoms with Gasteiger partial charge in [0.25, 0.3) is 5.91 Å². The van der Waals surface area contributed by atoms with Gasteiger partial charge in [-0.1, -0.05) is 11.6 Å². The summed E-state index contributed by atoms with van der Waals surface area (Å²) in [6, 6.07) is 8.77. The fourth-order valence-corrected chi connectivity index (χ4v) is 2.39. The fourth-order valence-electron chi connectivity index (χ4n) is 1.45. The van der Waals surface area contributed by atoms with Gasteiger partial charge in [0.15, 0.2) is 0 Å². The Labute approximate surface area is 108 Å². The van der Waals surface area contributed by atoms with E-state index in [9.17, 15) is 4.79 Å². The lowest BCUT2D eigenvalue weighted by atomic mass is 10.2. The predicted octanol–water partition coefficient (Wildman–Crippen LogP) is 3.54. The lowest BCUT2D eigenvalue weighted by molar-refractivity contribution is 0.103. The molecule has 0 aliphatic heterocycles. The van der Waals surface area contributed by atoms with Crippen molar-refractivity contribution in [2.24, 2.45) is 0 Å². The van der Waals surface area contributed by atoms with Gasteiger partial charge in [-0.3, -0.25) is 4.79 Å². The van der Waals surface area contributed by atoms with Crippen molar-refractivity contribution in [1.29, 1.82) is 0 Å². The third-order valence-electron chi connectivity index (χ3n) is 2.30. The van der Waals surface area contributed by atoms with Crippen molar-refractivity contribution in [3.63, 3.8) is 0 Å². The molecule has 0 fully saturated rings. The number of hydrogen-bond acceptors (Lipinski definition) is 3.